The van der Waals surface area contributed by atoms with E-state index in [-0.39, 0.29) is 12.0 Å². The monoisotopic (exact) mass is 197 g/mol. The molecular formula is C11H19NO2. The first-order valence-electron chi connectivity index (χ1n) is 5.09. The van der Waals surface area contributed by atoms with Gasteiger partial charge in [0.1, 0.15) is 6.04 Å². The van der Waals surface area contributed by atoms with E-state index in [0.29, 0.717) is 5.92 Å². The van der Waals surface area contributed by atoms with Gasteiger partial charge in [0.25, 0.3) is 0 Å². The molecule has 1 heterocycles. The van der Waals surface area contributed by atoms with Gasteiger partial charge in [-0.15, -0.1) is 6.58 Å². The Morgan fingerprint density at radius 2 is 2.43 bits per heavy atom. The summed E-state index contributed by atoms with van der Waals surface area (Å²) >= 11 is 0. The SMILES string of the molecule is C=CCC[C@@H]1CCN(C)[C@@H]1C(=O)OC. The first kappa shape index (κ1) is 11.2. The maximum Gasteiger partial charge on any atom is 0.323 e. The fourth-order valence-electron chi connectivity index (χ4n) is 2.15. The Labute approximate surface area is 85.7 Å². The topological polar surface area (TPSA) is 29.5 Å². The second kappa shape index (κ2) is 5.15. The van der Waals surface area contributed by atoms with Crippen molar-refractivity contribution < 1.29 is 9.53 Å². The Morgan fingerprint density at radius 3 is 3.00 bits per heavy atom. The summed E-state index contributed by atoms with van der Waals surface area (Å²) in [4.78, 5) is 13.6. The molecule has 0 radical (unpaired) electrons. The van der Waals surface area contributed by atoms with E-state index >= 15 is 0 Å². The molecule has 0 amide bonds. The Kier molecular flexibility index (Phi) is 4.14. The zero-order valence-electron chi connectivity index (χ0n) is 9.03. The van der Waals surface area contributed by atoms with Crippen molar-refractivity contribution in [3.05, 3.63) is 12.7 Å². The molecule has 0 bridgehead atoms. The van der Waals surface area contributed by atoms with Crippen molar-refractivity contribution in [2.75, 3.05) is 20.7 Å². The molecule has 0 unspecified atom stereocenters. The quantitative estimate of drug-likeness (QED) is 0.504. The summed E-state index contributed by atoms with van der Waals surface area (Å²) in [6.07, 6.45) is 5.01. The van der Waals surface area contributed by atoms with E-state index in [0.717, 1.165) is 25.8 Å². The minimum absolute atomic E-state index is 0.0417. The maximum atomic E-state index is 11.5. The number of rotatable bonds is 4. The van der Waals surface area contributed by atoms with Gasteiger partial charge in [0, 0.05) is 0 Å². The van der Waals surface area contributed by atoms with Gasteiger partial charge in [0.2, 0.25) is 0 Å². The van der Waals surface area contributed by atoms with Crippen LogP contribution in [0.2, 0.25) is 0 Å². The highest BCUT2D eigenvalue weighted by molar-refractivity contribution is 5.76. The zero-order chi connectivity index (χ0) is 10.6. The third-order valence-electron chi connectivity index (χ3n) is 2.96. The molecule has 0 aliphatic carbocycles. The van der Waals surface area contributed by atoms with Crippen molar-refractivity contribution >= 4 is 5.97 Å². The molecular weight excluding hydrogens is 178 g/mol. The molecule has 0 N–H and O–H groups in total. The lowest BCUT2D eigenvalue weighted by molar-refractivity contribution is -0.146. The van der Waals surface area contributed by atoms with Crippen molar-refractivity contribution in [3.8, 4) is 0 Å². The van der Waals surface area contributed by atoms with Gasteiger partial charge in [-0.2, -0.15) is 0 Å². The maximum absolute atomic E-state index is 11.5. The average Bonchev–Trinajstić information content (AvgIpc) is 2.55. The number of ether oxygens (including phenoxy) is 1. The van der Waals surface area contributed by atoms with E-state index in [1.165, 1.54) is 7.11 Å². The molecule has 0 aromatic heterocycles. The molecule has 3 heteroatoms. The molecule has 80 valence electrons. The van der Waals surface area contributed by atoms with Gasteiger partial charge in [-0.1, -0.05) is 6.08 Å². The van der Waals surface area contributed by atoms with Crippen molar-refractivity contribution in [2.45, 2.75) is 25.3 Å². The van der Waals surface area contributed by atoms with E-state index < -0.39 is 0 Å². The molecule has 14 heavy (non-hydrogen) atoms. The third-order valence-corrected chi connectivity index (χ3v) is 2.96. The van der Waals surface area contributed by atoms with Crippen molar-refractivity contribution in [3.63, 3.8) is 0 Å². The number of carbonyl (C=O) groups excluding carboxylic acids is 1. The largest absolute Gasteiger partial charge is 0.468 e. The van der Waals surface area contributed by atoms with Crippen LogP contribution in [-0.2, 0) is 9.53 Å². The molecule has 1 rings (SSSR count). The molecule has 1 aliphatic heterocycles. The van der Waals surface area contributed by atoms with E-state index in [4.69, 9.17) is 4.74 Å². The van der Waals surface area contributed by atoms with Crippen LogP contribution >= 0.6 is 0 Å². The van der Waals surface area contributed by atoms with Crippen molar-refractivity contribution in [1.82, 2.24) is 4.90 Å². The number of likely N-dealkylation sites (N-methyl/N-ethyl adjacent to an activating group) is 1. The lowest BCUT2D eigenvalue weighted by Gasteiger charge is -2.21. The van der Waals surface area contributed by atoms with E-state index in [2.05, 4.69) is 11.5 Å². The second-order valence-electron chi connectivity index (χ2n) is 3.86. The molecule has 0 saturated carbocycles. The number of allylic oxidation sites excluding steroid dienone is 1. The Bertz CT molecular complexity index is 215. The lowest BCUT2D eigenvalue weighted by Crippen LogP contribution is -2.38. The van der Waals surface area contributed by atoms with Gasteiger partial charge in [-0.25, -0.2) is 0 Å². The summed E-state index contributed by atoms with van der Waals surface area (Å²) in [6.45, 7) is 4.69. The summed E-state index contributed by atoms with van der Waals surface area (Å²) in [5.74, 6) is 0.338. The van der Waals surface area contributed by atoms with Crippen LogP contribution in [0.5, 0.6) is 0 Å². The molecule has 1 saturated heterocycles. The van der Waals surface area contributed by atoms with Gasteiger partial charge in [0.15, 0.2) is 0 Å². The smallest absolute Gasteiger partial charge is 0.323 e. The third kappa shape index (κ3) is 2.35. The van der Waals surface area contributed by atoms with Crippen LogP contribution in [0.25, 0.3) is 0 Å². The summed E-state index contributed by atoms with van der Waals surface area (Å²) in [5.41, 5.74) is 0. The Morgan fingerprint density at radius 1 is 1.71 bits per heavy atom. The predicted molar refractivity (Wildman–Crippen MR) is 56.0 cm³/mol. The van der Waals surface area contributed by atoms with Gasteiger partial charge in [-0.3, -0.25) is 9.69 Å². The molecule has 0 aromatic carbocycles. The first-order chi connectivity index (χ1) is 6.70. The molecule has 3 nitrogen and oxygen atoms in total. The summed E-state index contributed by atoms with van der Waals surface area (Å²) in [5, 5.41) is 0. The number of esters is 1. The number of hydrogen-bond acceptors (Lipinski definition) is 3. The van der Waals surface area contributed by atoms with Gasteiger partial charge in [-0.05, 0) is 38.8 Å². The van der Waals surface area contributed by atoms with Crippen LogP contribution in [0, 0.1) is 5.92 Å². The number of hydrogen-bond donors (Lipinski definition) is 0. The summed E-state index contributed by atoms with van der Waals surface area (Å²) < 4.78 is 4.81. The van der Waals surface area contributed by atoms with Crippen LogP contribution < -0.4 is 0 Å². The zero-order valence-corrected chi connectivity index (χ0v) is 9.03. The van der Waals surface area contributed by atoms with Gasteiger partial charge in [0.05, 0.1) is 7.11 Å². The highest BCUT2D eigenvalue weighted by Crippen LogP contribution is 2.27. The minimum Gasteiger partial charge on any atom is -0.468 e. The van der Waals surface area contributed by atoms with Gasteiger partial charge >= 0.3 is 5.97 Å². The fraction of sp³-hybridized carbons (Fsp3) is 0.727. The normalized spacial score (nSPS) is 27.6. The molecule has 1 aliphatic rings. The highest BCUT2D eigenvalue weighted by Gasteiger charge is 2.37. The average molecular weight is 197 g/mol. The molecule has 0 aromatic rings. The number of methoxy groups -OCH3 is 1. The van der Waals surface area contributed by atoms with Crippen LogP contribution in [-0.4, -0.2) is 37.6 Å². The van der Waals surface area contributed by atoms with Crippen LogP contribution in [0.1, 0.15) is 19.3 Å². The highest BCUT2D eigenvalue weighted by atomic mass is 16.5. The second-order valence-corrected chi connectivity index (χ2v) is 3.86. The van der Waals surface area contributed by atoms with E-state index in [1.54, 1.807) is 0 Å². The number of nitrogens with zero attached hydrogens (tertiary/aromatic N) is 1. The number of likely N-dealkylation sites (tertiary alicyclic amines) is 1. The van der Waals surface area contributed by atoms with Crippen LogP contribution in [0.4, 0.5) is 0 Å². The van der Waals surface area contributed by atoms with Crippen molar-refractivity contribution in [1.29, 1.82) is 0 Å². The van der Waals surface area contributed by atoms with Crippen LogP contribution in [0.15, 0.2) is 12.7 Å². The first-order valence-corrected chi connectivity index (χ1v) is 5.09. The number of carbonyl (C=O) groups is 1. The Hall–Kier alpha value is -0.830. The fourth-order valence-corrected chi connectivity index (χ4v) is 2.15. The van der Waals surface area contributed by atoms with Crippen LogP contribution in [0.3, 0.4) is 0 Å². The standard InChI is InChI=1S/C11H19NO2/c1-4-5-6-9-7-8-12(2)10(9)11(13)14-3/h4,9-10H,1,5-8H2,2-3H3/t9-,10+/m1/s1. The molecule has 0 spiro atoms. The Balaban J connectivity index is 2.56. The van der Waals surface area contributed by atoms with Gasteiger partial charge < -0.3 is 4.74 Å². The molecule has 1 fully saturated rings. The summed E-state index contributed by atoms with van der Waals surface area (Å²) in [7, 11) is 3.44. The predicted octanol–water partition coefficient (Wildman–Crippen LogP) is 1.45. The minimum atomic E-state index is -0.0981. The lowest BCUT2D eigenvalue weighted by atomic mass is 9.95. The van der Waals surface area contributed by atoms with Crippen molar-refractivity contribution in [2.24, 2.45) is 5.92 Å². The summed E-state index contributed by atoms with van der Waals surface area (Å²) in [6, 6.07) is -0.0417. The van der Waals surface area contributed by atoms with E-state index in [1.807, 2.05) is 13.1 Å². The van der Waals surface area contributed by atoms with E-state index in [9.17, 15) is 4.79 Å². The molecule has 2 atom stereocenters.